The third kappa shape index (κ3) is 4.48. The number of ether oxygens (including phenoxy) is 1. The molecule has 3 rings (SSSR count). The predicted octanol–water partition coefficient (Wildman–Crippen LogP) is 6.12. The fraction of sp³-hybridized carbons (Fsp3) is 0.364. The molecule has 0 aliphatic heterocycles. The Balaban J connectivity index is 1.52. The quantitative estimate of drug-likeness (QED) is 0.584. The standard InChI is InChI=1S/C22H26O/c1-2-6-18-9-13-20(14-10-18)21-15-11-19(12-16-21)17-23-22-7-4-3-5-8-22/h2-5,7-8,11-12,15-16,18,20H,1,6,9-10,13-14,17H2. The Morgan fingerprint density at radius 1 is 0.913 bits per heavy atom. The van der Waals surface area contributed by atoms with Crippen molar-refractivity contribution >= 4 is 0 Å². The van der Waals surface area contributed by atoms with Gasteiger partial charge in [-0.3, -0.25) is 0 Å². The SMILES string of the molecule is C=CCC1CCC(c2ccc(COc3ccccc3)cc2)CC1. The van der Waals surface area contributed by atoms with Crippen molar-refractivity contribution < 1.29 is 4.74 Å². The molecule has 1 heteroatoms. The van der Waals surface area contributed by atoms with Crippen LogP contribution in [0.15, 0.2) is 67.3 Å². The monoisotopic (exact) mass is 306 g/mol. The Hall–Kier alpha value is -2.02. The van der Waals surface area contributed by atoms with E-state index in [4.69, 9.17) is 4.74 Å². The number of hydrogen-bond acceptors (Lipinski definition) is 1. The molecule has 0 atom stereocenters. The molecule has 2 aromatic carbocycles. The highest BCUT2D eigenvalue weighted by molar-refractivity contribution is 5.27. The number of para-hydroxylation sites is 1. The molecule has 0 bridgehead atoms. The maximum atomic E-state index is 5.81. The van der Waals surface area contributed by atoms with E-state index < -0.39 is 0 Å². The van der Waals surface area contributed by atoms with E-state index in [1.165, 1.54) is 43.2 Å². The molecule has 0 heterocycles. The molecule has 1 fully saturated rings. The molecule has 0 saturated heterocycles. The highest BCUT2D eigenvalue weighted by Crippen LogP contribution is 2.37. The van der Waals surface area contributed by atoms with E-state index in [1.807, 2.05) is 30.3 Å². The number of allylic oxidation sites excluding steroid dienone is 1. The molecule has 0 unspecified atom stereocenters. The van der Waals surface area contributed by atoms with Crippen LogP contribution >= 0.6 is 0 Å². The number of rotatable bonds is 6. The first kappa shape index (κ1) is 15.9. The molecule has 0 N–H and O–H groups in total. The topological polar surface area (TPSA) is 9.23 Å². The fourth-order valence-corrected chi connectivity index (χ4v) is 3.54. The fourth-order valence-electron chi connectivity index (χ4n) is 3.54. The maximum Gasteiger partial charge on any atom is 0.119 e. The molecule has 1 aliphatic rings. The zero-order chi connectivity index (χ0) is 15.9. The van der Waals surface area contributed by atoms with Gasteiger partial charge in [-0.2, -0.15) is 0 Å². The number of hydrogen-bond donors (Lipinski definition) is 0. The number of benzene rings is 2. The van der Waals surface area contributed by atoms with E-state index in [0.29, 0.717) is 6.61 Å². The maximum absolute atomic E-state index is 5.81. The largest absolute Gasteiger partial charge is 0.489 e. The van der Waals surface area contributed by atoms with Gasteiger partial charge in [-0.15, -0.1) is 6.58 Å². The van der Waals surface area contributed by atoms with Crippen LogP contribution in [0.3, 0.4) is 0 Å². The molecule has 0 amide bonds. The van der Waals surface area contributed by atoms with Crippen molar-refractivity contribution in [2.24, 2.45) is 5.92 Å². The van der Waals surface area contributed by atoms with E-state index in [2.05, 4.69) is 36.9 Å². The minimum Gasteiger partial charge on any atom is -0.489 e. The van der Waals surface area contributed by atoms with Crippen LogP contribution in [0, 0.1) is 5.92 Å². The summed E-state index contributed by atoms with van der Waals surface area (Å²) in [7, 11) is 0. The van der Waals surface area contributed by atoms with Gasteiger partial charge < -0.3 is 4.74 Å². The summed E-state index contributed by atoms with van der Waals surface area (Å²) in [5.74, 6) is 2.53. The third-order valence-electron chi connectivity index (χ3n) is 4.95. The summed E-state index contributed by atoms with van der Waals surface area (Å²) in [4.78, 5) is 0. The highest BCUT2D eigenvalue weighted by Gasteiger charge is 2.21. The molecule has 0 radical (unpaired) electrons. The first-order valence-corrected chi connectivity index (χ1v) is 8.72. The molecule has 0 aromatic heterocycles. The van der Waals surface area contributed by atoms with Gasteiger partial charge in [0.1, 0.15) is 12.4 Å². The van der Waals surface area contributed by atoms with Gasteiger partial charge in [-0.1, -0.05) is 48.5 Å². The zero-order valence-corrected chi connectivity index (χ0v) is 13.8. The first-order valence-electron chi connectivity index (χ1n) is 8.72. The van der Waals surface area contributed by atoms with Crippen molar-refractivity contribution in [3.63, 3.8) is 0 Å². The van der Waals surface area contributed by atoms with Gasteiger partial charge >= 0.3 is 0 Å². The van der Waals surface area contributed by atoms with Crippen molar-refractivity contribution in [3.8, 4) is 5.75 Å². The highest BCUT2D eigenvalue weighted by atomic mass is 16.5. The molecular weight excluding hydrogens is 280 g/mol. The van der Waals surface area contributed by atoms with Gasteiger partial charge in [0.05, 0.1) is 0 Å². The van der Waals surface area contributed by atoms with Gasteiger partial charge in [0, 0.05) is 0 Å². The Labute approximate surface area is 140 Å². The van der Waals surface area contributed by atoms with Gasteiger partial charge in [0.25, 0.3) is 0 Å². The zero-order valence-electron chi connectivity index (χ0n) is 13.8. The minimum absolute atomic E-state index is 0.635. The van der Waals surface area contributed by atoms with Gasteiger partial charge in [0.15, 0.2) is 0 Å². The van der Waals surface area contributed by atoms with Gasteiger partial charge in [0.2, 0.25) is 0 Å². The lowest BCUT2D eigenvalue weighted by molar-refractivity contribution is 0.306. The third-order valence-corrected chi connectivity index (χ3v) is 4.95. The summed E-state index contributed by atoms with van der Waals surface area (Å²) < 4.78 is 5.81. The van der Waals surface area contributed by atoms with E-state index in [-0.39, 0.29) is 0 Å². The summed E-state index contributed by atoms with van der Waals surface area (Å²) in [6, 6.07) is 19.0. The average Bonchev–Trinajstić information content (AvgIpc) is 2.62. The first-order chi connectivity index (χ1) is 11.3. The summed E-state index contributed by atoms with van der Waals surface area (Å²) in [6.45, 7) is 4.50. The lowest BCUT2D eigenvalue weighted by Gasteiger charge is -2.28. The van der Waals surface area contributed by atoms with Crippen LogP contribution < -0.4 is 4.74 Å². The van der Waals surface area contributed by atoms with Crippen LogP contribution in [0.5, 0.6) is 5.75 Å². The van der Waals surface area contributed by atoms with Gasteiger partial charge in [-0.05, 0) is 67.2 Å². The molecule has 23 heavy (non-hydrogen) atoms. The Kier molecular flexibility index (Phi) is 5.52. The van der Waals surface area contributed by atoms with Crippen molar-refractivity contribution in [2.45, 2.75) is 44.6 Å². The molecular formula is C22H26O. The second kappa shape index (κ2) is 8.01. The lowest BCUT2D eigenvalue weighted by atomic mass is 9.77. The van der Waals surface area contributed by atoms with Crippen LogP contribution in [-0.2, 0) is 6.61 Å². The van der Waals surface area contributed by atoms with E-state index in [0.717, 1.165) is 17.6 Å². The molecule has 1 nitrogen and oxygen atoms in total. The van der Waals surface area contributed by atoms with Crippen molar-refractivity contribution in [3.05, 3.63) is 78.4 Å². The molecule has 2 aromatic rings. The van der Waals surface area contributed by atoms with Crippen LogP contribution in [0.2, 0.25) is 0 Å². The predicted molar refractivity (Wildman–Crippen MR) is 96.7 cm³/mol. The average molecular weight is 306 g/mol. The van der Waals surface area contributed by atoms with Crippen molar-refractivity contribution in [1.29, 1.82) is 0 Å². The van der Waals surface area contributed by atoms with Gasteiger partial charge in [-0.25, -0.2) is 0 Å². The second-order valence-electron chi connectivity index (χ2n) is 6.59. The summed E-state index contributed by atoms with van der Waals surface area (Å²) >= 11 is 0. The van der Waals surface area contributed by atoms with Crippen LogP contribution in [0.1, 0.15) is 49.1 Å². The summed E-state index contributed by atoms with van der Waals surface area (Å²) in [5.41, 5.74) is 2.73. The molecule has 0 spiro atoms. The van der Waals surface area contributed by atoms with Crippen LogP contribution in [-0.4, -0.2) is 0 Å². The van der Waals surface area contributed by atoms with Crippen LogP contribution in [0.4, 0.5) is 0 Å². The van der Waals surface area contributed by atoms with E-state index in [9.17, 15) is 0 Å². The summed E-state index contributed by atoms with van der Waals surface area (Å²) in [6.07, 6.45) is 8.58. The smallest absolute Gasteiger partial charge is 0.119 e. The Morgan fingerprint density at radius 3 is 2.26 bits per heavy atom. The molecule has 1 saturated carbocycles. The normalized spacial score (nSPS) is 20.9. The van der Waals surface area contributed by atoms with E-state index in [1.54, 1.807) is 0 Å². The Bertz CT molecular complexity index is 592. The second-order valence-corrected chi connectivity index (χ2v) is 6.59. The lowest BCUT2D eigenvalue weighted by Crippen LogP contribution is -2.12. The van der Waals surface area contributed by atoms with Crippen molar-refractivity contribution in [1.82, 2.24) is 0 Å². The van der Waals surface area contributed by atoms with E-state index >= 15 is 0 Å². The van der Waals surface area contributed by atoms with Crippen molar-refractivity contribution in [2.75, 3.05) is 0 Å². The molecule has 1 aliphatic carbocycles. The summed E-state index contributed by atoms with van der Waals surface area (Å²) in [5, 5.41) is 0. The Morgan fingerprint density at radius 2 is 1.61 bits per heavy atom. The minimum atomic E-state index is 0.635. The molecule has 120 valence electrons. The van der Waals surface area contributed by atoms with Crippen LogP contribution in [0.25, 0.3) is 0 Å².